The van der Waals surface area contributed by atoms with E-state index in [-0.39, 0.29) is 16.7 Å². The number of hydrogen-bond acceptors (Lipinski definition) is 3. The fourth-order valence-corrected chi connectivity index (χ4v) is 3.89. The van der Waals surface area contributed by atoms with Crippen molar-refractivity contribution < 1.29 is 9.66 Å². The second-order valence-electron chi connectivity index (χ2n) is 7.47. The van der Waals surface area contributed by atoms with E-state index in [9.17, 15) is 10.1 Å². The molecule has 0 amide bonds. The highest BCUT2D eigenvalue weighted by Gasteiger charge is 2.26. The number of rotatable bonds is 4. The topological polar surface area (TPSA) is 52.4 Å². The van der Waals surface area contributed by atoms with Crippen LogP contribution in [0.25, 0.3) is 21.9 Å². The Hall–Kier alpha value is -2.88. The Kier molecular flexibility index (Phi) is 4.80. The predicted molar refractivity (Wildman–Crippen MR) is 108 cm³/mol. The van der Waals surface area contributed by atoms with Gasteiger partial charge in [-0.1, -0.05) is 55.5 Å². The van der Waals surface area contributed by atoms with Crippen molar-refractivity contribution in [3.63, 3.8) is 0 Å². The van der Waals surface area contributed by atoms with Gasteiger partial charge >= 0.3 is 5.69 Å². The highest BCUT2D eigenvalue weighted by Crippen LogP contribution is 2.41. The van der Waals surface area contributed by atoms with Gasteiger partial charge < -0.3 is 4.74 Å². The monoisotopic (exact) mass is 361 g/mol. The molecule has 0 aromatic heterocycles. The number of hydrogen-bond donors (Lipinski definition) is 0. The summed E-state index contributed by atoms with van der Waals surface area (Å²) < 4.78 is 6.25. The minimum atomic E-state index is -0.342. The lowest BCUT2D eigenvalue weighted by Crippen LogP contribution is -2.23. The lowest BCUT2D eigenvalue weighted by molar-refractivity contribution is -0.386. The first-order chi connectivity index (χ1) is 13.1. The van der Waals surface area contributed by atoms with E-state index in [0.29, 0.717) is 11.7 Å². The van der Waals surface area contributed by atoms with Crippen LogP contribution in [0.5, 0.6) is 5.75 Å². The van der Waals surface area contributed by atoms with Crippen LogP contribution in [0.15, 0.2) is 60.7 Å². The van der Waals surface area contributed by atoms with Crippen molar-refractivity contribution in [2.24, 2.45) is 5.92 Å². The van der Waals surface area contributed by atoms with Crippen molar-refractivity contribution in [3.8, 4) is 16.9 Å². The summed E-state index contributed by atoms with van der Waals surface area (Å²) in [7, 11) is 0. The van der Waals surface area contributed by atoms with Crippen molar-refractivity contribution in [2.75, 3.05) is 0 Å². The van der Waals surface area contributed by atoms with Crippen molar-refractivity contribution in [3.05, 3.63) is 70.8 Å². The van der Waals surface area contributed by atoms with Gasteiger partial charge in [0.15, 0.2) is 0 Å². The van der Waals surface area contributed by atoms with E-state index >= 15 is 0 Å². The van der Waals surface area contributed by atoms with Crippen molar-refractivity contribution in [1.82, 2.24) is 0 Å². The van der Waals surface area contributed by atoms with Crippen LogP contribution in [0.3, 0.4) is 0 Å². The molecule has 4 nitrogen and oxygen atoms in total. The first-order valence-corrected chi connectivity index (χ1v) is 9.55. The van der Waals surface area contributed by atoms with Gasteiger partial charge in [-0.2, -0.15) is 0 Å². The predicted octanol–water partition coefficient (Wildman–Crippen LogP) is 6.37. The van der Waals surface area contributed by atoms with Gasteiger partial charge in [0.25, 0.3) is 0 Å². The van der Waals surface area contributed by atoms with Gasteiger partial charge in [-0.25, -0.2) is 0 Å². The molecule has 4 heteroatoms. The van der Waals surface area contributed by atoms with Crippen LogP contribution in [0.4, 0.5) is 5.69 Å². The zero-order valence-electron chi connectivity index (χ0n) is 15.4. The highest BCUT2D eigenvalue weighted by molar-refractivity contribution is 5.89. The summed E-state index contributed by atoms with van der Waals surface area (Å²) in [6.07, 6.45) is 4.16. The minimum Gasteiger partial charge on any atom is -0.483 e. The fraction of sp³-hybridized carbons (Fsp3) is 0.304. The first-order valence-electron chi connectivity index (χ1n) is 9.55. The molecule has 3 aromatic carbocycles. The molecule has 138 valence electrons. The maximum atomic E-state index is 11.6. The van der Waals surface area contributed by atoms with Crippen molar-refractivity contribution in [1.29, 1.82) is 0 Å². The molecule has 0 heterocycles. The summed E-state index contributed by atoms with van der Waals surface area (Å²) in [5.74, 6) is 1.10. The van der Waals surface area contributed by atoms with Crippen LogP contribution in [-0.2, 0) is 0 Å². The van der Waals surface area contributed by atoms with Crippen molar-refractivity contribution >= 4 is 16.5 Å². The number of nitrogens with zero attached hydrogens (tertiary/aromatic N) is 1. The minimum absolute atomic E-state index is 0.0410. The van der Waals surface area contributed by atoms with Gasteiger partial charge in [0, 0.05) is 11.6 Å². The summed E-state index contributed by atoms with van der Waals surface area (Å²) in [6.45, 7) is 2.25. The summed E-state index contributed by atoms with van der Waals surface area (Å²) in [4.78, 5) is 11.3. The average molecular weight is 361 g/mol. The molecular formula is C23H23NO3. The van der Waals surface area contributed by atoms with Gasteiger partial charge in [0.1, 0.15) is 0 Å². The Labute approximate surface area is 158 Å². The molecule has 0 spiro atoms. The summed E-state index contributed by atoms with van der Waals surface area (Å²) in [6, 6.07) is 19.4. The van der Waals surface area contributed by atoms with E-state index in [4.69, 9.17) is 4.74 Å². The van der Waals surface area contributed by atoms with E-state index in [1.54, 1.807) is 6.07 Å². The molecule has 0 atom stereocenters. The molecule has 27 heavy (non-hydrogen) atoms. The molecule has 0 unspecified atom stereocenters. The smallest absolute Gasteiger partial charge is 0.311 e. The number of nitro benzene ring substituents is 1. The Balaban J connectivity index is 1.77. The third-order valence-corrected chi connectivity index (χ3v) is 5.50. The molecule has 1 aliphatic carbocycles. The van der Waals surface area contributed by atoms with E-state index < -0.39 is 0 Å². The number of benzene rings is 3. The zero-order valence-corrected chi connectivity index (χ0v) is 15.4. The van der Waals surface area contributed by atoms with E-state index in [1.165, 1.54) is 6.07 Å². The molecule has 0 aliphatic heterocycles. The molecule has 0 N–H and O–H groups in total. The van der Waals surface area contributed by atoms with Crippen molar-refractivity contribution in [2.45, 2.75) is 38.7 Å². The molecule has 0 radical (unpaired) electrons. The number of ether oxygens (including phenoxy) is 1. The first kappa shape index (κ1) is 17.5. The second kappa shape index (κ2) is 7.39. The van der Waals surface area contributed by atoms with Crippen LogP contribution < -0.4 is 4.74 Å². The zero-order chi connectivity index (χ0) is 18.8. The van der Waals surface area contributed by atoms with Crippen LogP contribution >= 0.6 is 0 Å². The van der Waals surface area contributed by atoms with Crippen LogP contribution in [0.2, 0.25) is 0 Å². The maximum absolute atomic E-state index is 11.6. The van der Waals surface area contributed by atoms with E-state index in [1.807, 2.05) is 24.3 Å². The average Bonchev–Trinajstić information content (AvgIpc) is 2.69. The van der Waals surface area contributed by atoms with Gasteiger partial charge in [0.2, 0.25) is 5.75 Å². The van der Waals surface area contributed by atoms with Gasteiger partial charge in [-0.15, -0.1) is 0 Å². The quantitative estimate of drug-likeness (QED) is 0.400. The summed E-state index contributed by atoms with van der Waals surface area (Å²) in [5.41, 5.74) is 1.77. The summed E-state index contributed by atoms with van der Waals surface area (Å²) in [5, 5.41) is 13.9. The van der Waals surface area contributed by atoms with Gasteiger partial charge in [-0.3, -0.25) is 10.1 Å². The lowest BCUT2D eigenvalue weighted by atomic mass is 9.89. The van der Waals surface area contributed by atoms with E-state index in [0.717, 1.165) is 47.6 Å². The Morgan fingerprint density at radius 2 is 1.67 bits per heavy atom. The fourth-order valence-electron chi connectivity index (χ4n) is 3.89. The molecule has 3 aromatic rings. The Morgan fingerprint density at radius 3 is 2.41 bits per heavy atom. The van der Waals surface area contributed by atoms with Crippen LogP contribution in [0.1, 0.15) is 32.6 Å². The molecule has 1 saturated carbocycles. The third kappa shape index (κ3) is 3.65. The molecular weight excluding hydrogens is 338 g/mol. The number of para-hydroxylation sites is 1. The molecule has 0 saturated heterocycles. The van der Waals surface area contributed by atoms with Gasteiger partial charge in [0.05, 0.1) is 11.0 Å². The van der Waals surface area contributed by atoms with E-state index in [2.05, 4.69) is 31.2 Å². The molecule has 0 bridgehead atoms. The maximum Gasteiger partial charge on any atom is 0.311 e. The standard InChI is InChI=1S/C23H23NO3/c1-16-9-13-20(14-10-16)27-23-21(7-4-8-22(23)24(25)26)19-12-11-17-5-2-3-6-18(17)15-19/h2-8,11-12,15-16,20H,9-10,13-14H2,1H3. The second-order valence-corrected chi connectivity index (χ2v) is 7.47. The molecule has 1 aliphatic rings. The SMILES string of the molecule is CC1CCC(Oc2c(-c3ccc4ccccc4c3)cccc2[N+](=O)[O-])CC1. The Bertz CT molecular complexity index is 974. The highest BCUT2D eigenvalue weighted by atomic mass is 16.6. The lowest BCUT2D eigenvalue weighted by Gasteiger charge is -2.27. The van der Waals surface area contributed by atoms with Crippen LogP contribution in [0, 0.1) is 16.0 Å². The van der Waals surface area contributed by atoms with Gasteiger partial charge in [-0.05, 0) is 54.0 Å². The Morgan fingerprint density at radius 1 is 0.926 bits per heavy atom. The number of fused-ring (bicyclic) bond motifs is 1. The molecule has 4 rings (SSSR count). The largest absolute Gasteiger partial charge is 0.483 e. The van der Waals surface area contributed by atoms with Crippen LogP contribution in [-0.4, -0.2) is 11.0 Å². The normalized spacial score (nSPS) is 19.7. The number of nitro groups is 1. The third-order valence-electron chi connectivity index (χ3n) is 5.50. The summed E-state index contributed by atoms with van der Waals surface area (Å²) >= 11 is 0. The molecule has 1 fully saturated rings.